The summed E-state index contributed by atoms with van der Waals surface area (Å²) in [5.74, 6) is 0. The van der Waals surface area contributed by atoms with Gasteiger partial charge in [-0.25, -0.2) is 0 Å². The van der Waals surface area contributed by atoms with E-state index in [2.05, 4.69) is 5.32 Å². The van der Waals surface area contributed by atoms with Crippen molar-refractivity contribution in [2.24, 2.45) is 0 Å². The zero-order valence-corrected chi connectivity index (χ0v) is 9.21. The molecule has 0 aromatic rings. The van der Waals surface area contributed by atoms with E-state index in [0.29, 0.717) is 6.10 Å². The average molecular weight is 215 g/mol. The van der Waals surface area contributed by atoms with Gasteiger partial charge in [0.05, 0.1) is 12.7 Å². The maximum absolute atomic E-state index is 9.46. The predicted octanol–water partition coefficient (Wildman–Crippen LogP) is 0.296. The highest BCUT2D eigenvalue weighted by Crippen LogP contribution is 2.21. The molecule has 0 amide bonds. The summed E-state index contributed by atoms with van der Waals surface area (Å²) < 4.78 is 10.9. The molecule has 2 N–H and O–H groups in total. The minimum atomic E-state index is -0.121. The van der Waals surface area contributed by atoms with E-state index < -0.39 is 0 Å². The van der Waals surface area contributed by atoms with E-state index >= 15 is 0 Å². The third kappa shape index (κ3) is 2.91. The molecule has 2 rings (SSSR count). The molecule has 0 spiro atoms. The molecular weight excluding hydrogens is 194 g/mol. The number of aliphatic hydroxyl groups excluding tert-OH is 1. The van der Waals surface area contributed by atoms with Gasteiger partial charge in [-0.1, -0.05) is 0 Å². The van der Waals surface area contributed by atoms with Crippen LogP contribution in [0.5, 0.6) is 0 Å². The SMILES string of the molecule is OCC1(NCC2CCCO2)CCOCC1. The Morgan fingerprint density at radius 2 is 2.07 bits per heavy atom. The number of aliphatic hydroxyl groups is 1. The predicted molar refractivity (Wildman–Crippen MR) is 56.8 cm³/mol. The van der Waals surface area contributed by atoms with Crippen LogP contribution in [0.2, 0.25) is 0 Å². The summed E-state index contributed by atoms with van der Waals surface area (Å²) in [5.41, 5.74) is -0.121. The molecule has 2 saturated heterocycles. The highest BCUT2D eigenvalue weighted by Gasteiger charge is 2.32. The van der Waals surface area contributed by atoms with E-state index in [1.165, 1.54) is 6.42 Å². The quantitative estimate of drug-likeness (QED) is 0.708. The molecule has 4 nitrogen and oxygen atoms in total. The van der Waals surface area contributed by atoms with Crippen LogP contribution in [0.3, 0.4) is 0 Å². The van der Waals surface area contributed by atoms with Crippen molar-refractivity contribution in [1.29, 1.82) is 0 Å². The van der Waals surface area contributed by atoms with Crippen LogP contribution in [-0.4, -0.2) is 49.7 Å². The Bertz CT molecular complexity index is 186. The van der Waals surface area contributed by atoms with E-state index in [4.69, 9.17) is 9.47 Å². The van der Waals surface area contributed by atoms with Gasteiger partial charge in [0.25, 0.3) is 0 Å². The molecule has 1 atom stereocenters. The van der Waals surface area contributed by atoms with Gasteiger partial charge in [0.2, 0.25) is 0 Å². The fraction of sp³-hybridized carbons (Fsp3) is 1.00. The molecule has 2 aliphatic rings. The summed E-state index contributed by atoms with van der Waals surface area (Å²) in [7, 11) is 0. The highest BCUT2D eigenvalue weighted by molar-refractivity contribution is 4.90. The van der Waals surface area contributed by atoms with Crippen molar-refractivity contribution >= 4 is 0 Å². The minimum Gasteiger partial charge on any atom is -0.394 e. The Hall–Kier alpha value is -0.160. The van der Waals surface area contributed by atoms with E-state index in [1.807, 2.05) is 0 Å². The number of nitrogens with one attached hydrogen (secondary N) is 1. The van der Waals surface area contributed by atoms with Gasteiger partial charge < -0.3 is 19.9 Å². The smallest absolute Gasteiger partial charge is 0.0700 e. The molecule has 15 heavy (non-hydrogen) atoms. The molecule has 2 fully saturated rings. The maximum Gasteiger partial charge on any atom is 0.0700 e. The Kier molecular flexibility index (Phi) is 3.97. The lowest BCUT2D eigenvalue weighted by atomic mass is 9.91. The summed E-state index contributed by atoms with van der Waals surface area (Å²) in [6.07, 6.45) is 4.45. The normalized spacial score (nSPS) is 30.6. The van der Waals surface area contributed by atoms with Gasteiger partial charge >= 0.3 is 0 Å². The highest BCUT2D eigenvalue weighted by atomic mass is 16.5. The molecule has 0 aliphatic carbocycles. The zero-order valence-electron chi connectivity index (χ0n) is 9.21. The third-order valence-corrected chi connectivity index (χ3v) is 3.48. The lowest BCUT2D eigenvalue weighted by molar-refractivity contribution is 0.00413. The van der Waals surface area contributed by atoms with Crippen LogP contribution in [0.15, 0.2) is 0 Å². The fourth-order valence-electron chi connectivity index (χ4n) is 2.29. The Morgan fingerprint density at radius 1 is 1.27 bits per heavy atom. The molecule has 88 valence electrons. The second-order valence-corrected chi connectivity index (χ2v) is 4.57. The van der Waals surface area contributed by atoms with Crippen LogP contribution >= 0.6 is 0 Å². The van der Waals surface area contributed by atoms with Crippen molar-refractivity contribution in [1.82, 2.24) is 5.32 Å². The molecule has 4 heteroatoms. The maximum atomic E-state index is 9.46. The molecule has 0 radical (unpaired) electrons. The monoisotopic (exact) mass is 215 g/mol. The van der Waals surface area contributed by atoms with Gasteiger partial charge in [-0.15, -0.1) is 0 Å². The molecule has 0 aromatic carbocycles. The van der Waals surface area contributed by atoms with Crippen LogP contribution in [0, 0.1) is 0 Å². The van der Waals surface area contributed by atoms with Crippen LogP contribution in [0.25, 0.3) is 0 Å². The van der Waals surface area contributed by atoms with Crippen molar-refractivity contribution in [3.05, 3.63) is 0 Å². The van der Waals surface area contributed by atoms with Crippen molar-refractivity contribution in [2.75, 3.05) is 33.0 Å². The van der Waals surface area contributed by atoms with E-state index in [1.54, 1.807) is 0 Å². The number of rotatable bonds is 4. The number of ether oxygens (including phenoxy) is 2. The molecule has 2 aliphatic heterocycles. The lowest BCUT2D eigenvalue weighted by Crippen LogP contribution is -2.54. The molecule has 2 heterocycles. The van der Waals surface area contributed by atoms with Gasteiger partial charge in [-0.05, 0) is 25.7 Å². The summed E-state index contributed by atoms with van der Waals surface area (Å²) in [6.45, 7) is 3.45. The second-order valence-electron chi connectivity index (χ2n) is 4.57. The Labute approximate surface area is 90.9 Å². The van der Waals surface area contributed by atoms with Gasteiger partial charge in [0.15, 0.2) is 0 Å². The Morgan fingerprint density at radius 3 is 2.67 bits per heavy atom. The summed E-state index contributed by atoms with van der Waals surface area (Å²) in [6, 6.07) is 0. The Balaban J connectivity index is 1.78. The van der Waals surface area contributed by atoms with Crippen LogP contribution in [0.1, 0.15) is 25.7 Å². The van der Waals surface area contributed by atoms with Crippen LogP contribution in [-0.2, 0) is 9.47 Å². The molecular formula is C11H21NO3. The van der Waals surface area contributed by atoms with Gasteiger partial charge in [-0.2, -0.15) is 0 Å². The molecule has 1 unspecified atom stereocenters. The first-order chi connectivity index (χ1) is 7.35. The van der Waals surface area contributed by atoms with Crippen LogP contribution in [0.4, 0.5) is 0 Å². The first kappa shape index (κ1) is 11.3. The first-order valence-electron chi connectivity index (χ1n) is 5.90. The minimum absolute atomic E-state index is 0.121. The zero-order chi connectivity index (χ0) is 10.6. The van der Waals surface area contributed by atoms with E-state index in [9.17, 15) is 5.11 Å². The lowest BCUT2D eigenvalue weighted by Gasteiger charge is -2.37. The molecule has 0 saturated carbocycles. The van der Waals surface area contributed by atoms with Crippen molar-refractivity contribution < 1.29 is 14.6 Å². The fourth-order valence-corrected chi connectivity index (χ4v) is 2.29. The standard InChI is InChI=1S/C11H21NO3/c13-9-11(3-6-14-7-4-11)12-8-10-2-1-5-15-10/h10,12-13H,1-9H2. The van der Waals surface area contributed by atoms with Crippen molar-refractivity contribution in [3.8, 4) is 0 Å². The van der Waals surface area contributed by atoms with Gasteiger partial charge in [0.1, 0.15) is 0 Å². The van der Waals surface area contributed by atoms with Gasteiger partial charge in [0, 0.05) is 31.9 Å². The van der Waals surface area contributed by atoms with E-state index in [0.717, 1.165) is 45.6 Å². The molecule has 0 aromatic heterocycles. The number of hydrogen-bond acceptors (Lipinski definition) is 4. The van der Waals surface area contributed by atoms with Crippen molar-refractivity contribution in [2.45, 2.75) is 37.3 Å². The molecule has 0 bridgehead atoms. The second kappa shape index (κ2) is 5.25. The average Bonchev–Trinajstić information content (AvgIpc) is 2.81. The van der Waals surface area contributed by atoms with Crippen LogP contribution < -0.4 is 5.32 Å². The summed E-state index contributed by atoms with van der Waals surface area (Å²) >= 11 is 0. The first-order valence-corrected chi connectivity index (χ1v) is 5.90. The number of hydrogen-bond donors (Lipinski definition) is 2. The third-order valence-electron chi connectivity index (χ3n) is 3.48. The largest absolute Gasteiger partial charge is 0.394 e. The topological polar surface area (TPSA) is 50.7 Å². The van der Waals surface area contributed by atoms with E-state index in [-0.39, 0.29) is 12.1 Å². The van der Waals surface area contributed by atoms with Gasteiger partial charge in [-0.3, -0.25) is 0 Å². The van der Waals surface area contributed by atoms with Crippen molar-refractivity contribution in [3.63, 3.8) is 0 Å². The summed E-state index contributed by atoms with van der Waals surface area (Å²) in [5, 5.41) is 12.9. The summed E-state index contributed by atoms with van der Waals surface area (Å²) in [4.78, 5) is 0.